The maximum Gasteiger partial charge on any atom is 0.278 e. The van der Waals surface area contributed by atoms with E-state index in [4.69, 9.17) is 9.15 Å². The molecule has 1 aliphatic rings. The average Bonchev–Trinajstić information content (AvgIpc) is 3.46. The number of nitrogens with one attached hydrogen (secondary N) is 1. The lowest BCUT2D eigenvalue weighted by molar-refractivity contribution is -0.137. The first-order chi connectivity index (χ1) is 17.0. The Morgan fingerprint density at radius 3 is 2.40 bits per heavy atom. The molecule has 0 radical (unpaired) electrons. The number of benzene rings is 3. The van der Waals surface area contributed by atoms with Crippen LogP contribution in [-0.2, 0) is 16.1 Å². The van der Waals surface area contributed by atoms with E-state index >= 15 is 0 Å². The predicted molar refractivity (Wildman–Crippen MR) is 136 cm³/mol. The van der Waals surface area contributed by atoms with Crippen LogP contribution in [0.4, 0.5) is 5.69 Å². The van der Waals surface area contributed by atoms with Crippen molar-refractivity contribution in [1.29, 1.82) is 0 Å². The lowest BCUT2D eigenvalue weighted by Gasteiger charge is -2.14. The molecule has 3 aromatic carbocycles. The molecular formula is C29H26N2O4. The molecule has 0 aliphatic carbocycles. The van der Waals surface area contributed by atoms with Crippen LogP contribution in [0.25, 0.3) is 16.3 Å². The highest BCUT2D eigenvalue weighted by Crippen LogP contribution is 2.34. The first-order valence-electron chi connectivity index (χ1n) is 11.6. The Hall–Kier alpha value is -4.32. The van der Waals surface area contributed by atoms with Crippen molar-refractivity contribution in [3.8, 4) is 5.75 Å². The van der Waals surface area contributed by atoms with Crippen LogP contribution in [0.3, 0.4) is 0 Å². The number of hydrogen-bond acceptors (Lipinski definition) is 5. The minimum atomic E-state index is -0.394. The lowest BCUT2D eigenvalue weighted by Crippen LogP contribution is -2.31. The van der Waals surface area contributed by atoms with Crippen LogP contribution < -0.4 is 10.1 Å². The molecule has 0 fully saturated rings. The first-order valence-corrected chi connectivity index (χ1v) is 11.6. The minimum absolute atomic E-state index is 0.0600. The maximum atomic E-state index is 13.5. The van der Waals surface area contributed by atoms with Gasteiger partial charge in [0.1, 0.15) is 17.2 Å². The molecule has 2 amide bonds. The van der Waals surface area contributed by atoms with E-state index in [-0.39, 0.29) is 18.1 Å². The highest BCUT2D eigenvalue weighted by atomic mass is 16.5. The summed E-state index contributed by atoms with van der Waals surface area (Å²) in [4.78, 5) is 28.3. The van der Waals surface area contributed by atoms with Crippen molar-refractivity contribution in [2.24, 2.45) is 5.92 Å². The molecule has 1 aliphatic heterocycles. The van der Waals surface area contributed by atoms with Crippen LogP contribution in [0.5, 0.6) is 5.75 Å². The second-order valence-corrected chi connectivity index (χ2v) is 8.91. The van der Waals surface area contributed by atoms with Crippen molar-refractivity contribution in [2.75, 3.05) is 11.9 Å². The molecule has 35 heavy (non-hydrogen) atoms. The molecule has 2 heterocycles. The molecular weight excluding hydrogens is 440 g/mol. The third-order valence-electron chi connectivity index (χ3n) is 5.84. The second kappa shape index (κ2) is 9.50. The standard InChI is InChI=1S/C29H26N2O4/c1-19(2)18-35-22-14-12-21(13-15-22)26-27(29(33)31(28(26)32)17-23-9-6-16-34-23)30-25-11-5-8-20-7-3-4-10-24(20)25/h3-16,19,30H,17-18H2,1-2H3. The van der Waals surface area contributed by atoms with E-state index in [0.29, 0.717) is 29.4 Å². The Morgan fingerprint density at radius 1 is 0.886 bits per heavy atom. The molecule has 0 saturated heterocycles. The quantitative estimate of drug-likeness (QED) is 0.329. The molecule has 1 aromatic heterocycles. The number of fused-ring (bicyclic) bond motifs is 1. The summed E-state index contributed by atoms with van der Waals surface area (Å²) in [6, 6.07) is 24.5. The Balaban J connectivity index is 1.54. The molecule has 6 nitrogen and oxygen atoms in total. The summed E-state index contributed by atoms with van der Waals surface area (Å²) in [7, 11) is 0. The van der Waals surface area contributed by atoms with Gasteiger partial charge in [0.25, 0.3) is 11.8 Å². The molecule has 6 heteroatoms. The van der Waals surface area contributed by atoms with Crippen molar-refractivity contribution in [1.82, 2.24) is 4.90 Å². The van der Waals surface area contributed by atoms with Gasteiger partial charge in [-0.25, -0.2) is 0 Å². The number of ether oxygens (including phenoxy) is 1. The monoisotopic (exact) mass is 466 g/mol. The number of nitrogens with zero attached hydrogens (tertiary/aromatic N) is 1. The van der Waals surface area contributed by atoms with Gasteiger partial charge in [-0.15, -0.1) is 0 Å². The number of carbonyl (C=O) groups excluding carboxylic acids is 2. The Kier molecular flexibility index (Phi) is 6.10. The summed E-state index contributed by atoms with van der Waals surface area (Å²) < 4.78 is 11.2. The number of anilines is 1. The van der Waals surface area contributed by atoms with Crippen LogP contribution >= 0.6 is 0 Å². The summed E-state index contributed by atoms with van der Waals surface area (Å²) in [6.07, 6.45) is 1.53. The summed E-state index contributed by atoms with van der Waals surface area (Å²) in [6.45, 7) is 4.83. The number of imide groups is 1. The van der Waals surface area contributed by atoms with Gasteiger partial charge in [-0.05, 0) is 47.2 Å². The van der Waals surface area contributed by atoms with E-state index in [1.807, 2.05) is 66.7 Å². The summed E-state index contributed by atoms with van der Waals surface area (Å²) >= 11 is 0. The van der Waals surface area contributed by atoms with Gasteiger partial charge >= 0.3 is 0 Å². The van der Waals surface area contributed by atoms with Gasteiger partial charge in [0.05, 0.1) is 25.0 Å². The fourth-order valence-electron chi connectivity index (χ4n) is 4.11. The molecule has 176 valence electrons. The molecule has 0 saturated carbocycles. The van der Waals surface area contributed by atoms with E-state index in [2.05, 4.69) is 19.2 Å². The van der Waals surface area contributed by atoms with E-state index in [9.17, 15) is 9.59 Å². The number of carbonyl (C=O) groups is 2. The minimum Gasteiger partial charge on any atom is -0.493 e. The van der Waals surface area contributed by atoms with E-state index in [1.54, 1.807) is 12.1 Å². The van der Waals surface area contributed by atoms with Crippen LogP contribution in [-0.4, -0.2) is 23.3 Å². The van der Waals surface area contributed by atoms with Gasteiger partial charge in [-0.2, -0.15) is 0 Å². The van der Waals surface area contributed by atoms with Gasteiger partial charge in [0.2, 0.25) is 0 Å². The molecule has 5 rings (SSSR count). The van der Waals surface area contributed by atoms with Crippen molar-refractivity contribution in [2.45, 2.75) is 20.4 Å². The second-order valence-electron chi connectivity index (χ2n) is 8.91. The predicted octanol–water partition coefficient (Wildman–Crippen LogP) is 5.86. The third-order valence-corrected chi connectivity index (χ3v) is 5.84. The largest absolute Gasteiger partial charge is 0.493 e. The Morgan fingerprint density at radius 2 is 1.66 bits per heavy atom. The van der Waals surface area contributed by atoms with Gasteiger partial charge in [-0.3, -0.25) is 14.5 Å². The molecule has 0 unspecified atom stereocenters. The zero-order valence-electron chi connectivity index (χ0n) is 19.7. The average molecular weight is 467 g/mol. The molecule has 1 N–H and O–H groups in total. The van der Waals surface area contributed by atoms with Crippen molar-refractivity contribution >= 4 is 33.8 Å². The number of hydrogen-bond donors (Lipinski definition) is 1. The van der Waals surface area contributed by atoms with Crippen LogP contribution in [0.2, 0.25) is 0 Å². The molecule has 0 spiro atoms. The molecule has 0 atom stereocenters. The fraction of sp³-hybridized carbons (Fsp3) is 0.172. The van der Waals surface area contributed by atoms with E-state index < -0.39 is 5.91 Å². The van der Waals surface area contributed by atoms with Crippen LogP contribution in [0, 0.1) is 5.92 Å². The third kappa shape index (κ3) is 4.55. The fourth-order valence-corrected chi connectivity index (χ4v) is 4.11. The topological polar surface area (TPSA) is 71.8 Å². The Bertz CT molecular complexity index is 1400. The lowest BCUT2D eigenvalue weighted by atomic mass is 10.0. The van der Waals surface area contributed by atoms with Crippen LogP contribution in [0.15, 0.2) is 95.2 Å². The SMILES string of the molecule is CC(C)COc1ccc(C2=C(Nc3cccc4ccccc34)C(=O)N(Cc3ccco3)C2=O)cc1. The van der Waals surface area contributed by atoms with Crippen molar-refractivity contribution in [3.05, 3.63) is 102 Å². The van der Waals surface area contributed by atoms with Gasteiger partial charge < -0.3 is 14.5 Å². The van der Waals surface area contributed by atoms with Crippen LogP contribution in [0.1, 0.15) is 25.2 Å². The maximum absolute atomic E-state index is 13.5. The Labute approximate surface area is 203 Å². The summed E-state index contributed by atoms with van der Waals surface area (Å²) in [5.41, 5.74) is 1.97. The van der Waals surface area contributed by atoms with Gasteiger partial charge in [0, 0.05) is 11.1 Å². The first kappa shape index (κ1) is 22.5. The van der Waals surface area contributed by atoms with E-state index in [1.165, 1.54) is 11.2 Å². The molecule has 0 bridgehead atoms. The number of amides is 2. The van der Waals surface area contributed by atoms with Gasteiger partial charge in [0.15, 0.2) is 0 Å². The zero-order chi connectivity index (χ0) is 24.4. The van der Waals surface area contributed by atoms with Crippen molar-refractivity contribution in [3.63, 3.8) is 0 Å². The summed E-state index contributed by atoms with van der Waals surface area (Å²) in [5, 5.41) is 5.28. The smallest absolute Gasteiger partial charge is 0.278 e. The van der Waals surface area contributed by atoms with Crippen molar-refractivity contribution < 1.29 is 18.7 Å². The summed E-state index contributed by atoms with van der Waals surface area (Å²) in [5.74, 6) is 0.892. The zero-order valence-corrected chi connectivity index (χ0v) is 19.7. The number of rotatable bonds is 8. The highest BCUT2D eigenvalue weighted by Gasteiger charge is 2.39. The number of furan rings is 1. The van der Waals surface area contributed by atoms with Gasteiger partial charge in [-0.1, -0.05) is 62.4 Å². The highest BCUT2D eigenvalue weighted by molar-refractivity contribution is 6.36. The van der Waals surface area contributed by atoms with E-state index in [0.717, 1.165) is 22.2 Å². The normalized spacial score (nSPS) is 13.9. The molecule has 4 aromatic rings.